The van der Waals surface area contributed by atoms with Crippen molar-refractivity contribution in [2.45, 2.75) is 205 Å². The van der Waals surface area contributed by atoms with E-state index >= 15 is 0 Å². The molecule has 53 heavy (non-hydrogen) atoms. The van der Waals surface area contributed by atoms with E-state index in [0.29, 0.717) is 36.1 Å². The first-order valence-corrected chi connectivity index (χ1v) is 25.9. The van der Waals surface area contributed by atoms with E-state index in [4.69, 9.17) is 0 Å². The van der Waals surface area contributed by atoms with Crippen LogP contribution in [0.25, 0.3) is 0 Å². The third-order valence-corrected chi connectivity index (χ3v) is 15.6. The molecule has 0 fully saturated rings. The van der Waals surface area contributed by atoms with Gasteiger partial charge in [0.25, 0.3) is 0 Å². The van der Waals surface area contributed by atoms with E-state index in [1.165, 1.54) is 135 Å². The number of rotatable bonds is 37. The quantitative estimate of drug-likeness (QED) is 0.0389. The normalized spacial score (nSPS) is 11.9. The van der Waals surface area contributed by atoms with Gasteiger partial charge in [0.05, 0.1) is 31.2 Å². The molecule has 0 rings (SSSR count). The summed E-state index contributed by atoms with van der Waals surface area (Å²) in [6, 6.07) is 0. The molecule has 318 valence electrons. The molecule has 0 saturated heterocycles. The van der Waals surface area contributed by atoms with Crippen LogP contribution in [0.15, 0.2) is 0 Å². The highest BCUT2D eigenvalue weighted by Crippen LogP contribution is 2.61. The number of carbonyl (C=O) groups is 2. The van der Waals surface area contributed by atoms with Gasteiger partial charge in [-0.3, -0.25) is 14.5 Å². The lowest BCUT2D eigenvalue weighted by molar-refractivity contribution is -0.133. The molecule has 0 aromatic carbocycles. The molecule has 0 saturated carbocycles. The monoisotopic (exact) mass is 769 g/mol. The van der Waals surface area contributed by atoms with Crippen molar-refractivity contribution in [3.63, 3.8) is 0 Å². The number of amides is 2. The minimum atomic E-state index is -0.970. The zero-order valence-corrected chi connectivity index (χ0v) is 39.2. The summed E-state index contributed by atoms with van der Waals surface area (Å²) in [5.74, 6) is 2.63. The maximum absolute atomic E-state index is 13.7. The minimum absolute atomic E-state index is 0.360. The summed E-state index contributed by atoms with van der Waals surface area (Å²) in [5, 5.41) is 2.57. The Labute approximate surface area is 335 Å². The molecule has 6 heteroatoms. The molecular weight excluding hydrogens is 670 g/mol. The Morgan fingerprint density at radius 2 is 0.925 bits per heavy atom. The van der Waals surface area contributed by atoms with Gasteiger partial charge in [-0.25, -0.2) is 0 Å². The highest BCUT2D eigenvalue weighted by atomic mass is 31.2. The van der Waals surface area contributed by atoms with Crippen molar-refractivity contribution in [3.05, 3.63) is 0 Å². The summed E-state index contributed by atoms with van der Waals surface area (Å²) >= 11 is 0. The number of carbonyl (C=O) groups excluding carboxylic acids is 2. The first-order valence-electron chi connectivity index (χ1n) is 23.4. The molecular formula is C47H99N3O2P+. The first kappa shape index (κ1) is 54.4. The second kappa shape index (κ2) is 38.2. The predicted molar refractivity (Wildman–Crippen MR) is 242 cm³/mol. The van der Waals surface area contributed by atoms with Crippen LogP contribution in [0.3, 0.4) is 0 Å². The number of hydrogen-bond donors (Lipinski definition) is 1. The summed E-state index contributed by atoms with van der Waals surface area (Å²) in [7, 11) is -0.970. The molecule has 0 aliphatic heterocycles. The van der Waals surface area contributed by atoms with Crippen LogP contribution in [-0.4, -0.2) is 86.0 Å². The molecule has 0 radical (unpaired) electrons. The van der Waals surface area contributed by atoms with Crippen LogP contribution >= 0.6 is 7.26 Å². The van der Waals surface area contributed by atoms with Gasteiger partial charge < -0.3 is 10.2 Å². The molecule has 0 aromatic heterocycles. The van der Waals surface area contributed by atoms with Crippen molar-refractivity contribution >= 4 is 19.6 Å². The second-order valence-corrected chi connectivity index (χ2v) is 22.8. The maximum Gasteiger partial charge on any atom is 0.236 e. The third-order valence-electron chi connectivity index (χ3n) is 10.6. The van der Waals surface area contributed by atoms with E-state index < -0.39 is 7.26 Å². The average molecular weight is 769 g/mol. The Morgan fingerprint density at radius 3 is 1.26 bits per heavy atom. The zero-order valence-electron chi connectivity index (χ0n) is 38.3. The summed E-state index contributed by atoms with van der Waals surface area (Å²) < 4.78 is 0. The van der Waals surface area contributed by atoms with Gasteiger partial charge in [0.1, 0.15) is 0 Å². The number of nitrogens with one attached hydrogen (secondary N) is 1. The lowest BCUT2D eigenvalue weighted by Crippen LogP contribution is -2.44. The van der Waals surface area contributed by atoms with Gasteiger partial charge in [0.15, 0.2) is 0 Å². The Kier molecular flexibility index (Phi) is 39.2. The second-order valence-electron chi connectivity index (χ2n) is 18.4. The fraction of sp³-hybridized carbons (Fsp3) is 0.957. The van der Waals surface area contributed by atoms with E-state index in [-0.39, 0.29) is 0 Å². The van der Waals surface area contributed by atoms with Crippen LogP contribution in [0.4, 0.5) is 0 Å². The van der Waals surface area contributed by atoms with Crippen molar-refractivity contribution < 1.29 is 9.59 Å². The molecule has 0 heterocycles. The number of unbranched alkanes of at least 4 members (excludes halogenated alkanes) is 15. The van der Waals surface area contributed by atoms with Crippen molar-refractivity contribution in [2.24, 2.45) is 23.7 Å². The van der Waals surface area contributed by atoms with E-state index in [0.717, 1.165) is 39.1 Å². The molecule has 2 amide bonds. The zero-order chi connectivity index (χ0) is 40.2. The molecule has 0 bridgehead atoms. The molecule has 0 aliphatic carbocycles. The van der Waals surface area contributed by atoms with E-state index in [9.17, 15) is 9.59 Å². The van der Waals surface area contributed by atoms with Crippen LogP contribution in [0.5, 0.6) is 0 Å². The minimum Gasteiger partial charge on any atom is -0.358 e. The van der Waals surface area contributed by atoms with E-state index in [1.807, 2.05) is 0 Å². The molecule has 0 aromatic rings. The Hall–Kier alpha value is -0.670. The van der Waals surface area contributed by atoms with Crippen LogP contribution in [0.1, 0.15) is 205 Å². The van der Waals surface area contributed by atoms with Crippen LogP contribution in [0, 0.1) is 23.7 Å². The SMILES string of the molecule is CC(C)CNC=O.CCCCCCCC[P+](CCCCCCCC)(CCCCCCCC)CCCN(CCC(C)C)CC(=O)N(CC(C)C)CC(C)C. The number of hydrogen-bond acceptors (Lipinski definition) is 3. The maximum atomic E-state index is 13.7. The standard InChI is InChI=1S/C42H88N2OP.C5H11NO/c1-10-13-16-19-22-25-32-46(33-26-23-20-17-14-11-2,34-27-24-21-18-15-12-3)35-28-30-43(31-29-39(4)5)38-42(45)44(36-40(6)7)37-41(8)9;1-5(2)3-6-4-7/h39-41H,10-38H2,1-9H3;4-5H,3H2,1-2H3,(H,6,7)/q+1;. The van der Waals surface area contributed by atoms with Gasteiger partial charge in [0, 0.05) is 33.4 Å². The fourth-order valence-electron chi connectivity index (χ4n) is 7.43. The van der Waals surface area contributed by atoms with Crippen LogP contribution in [-0.2, 0) is 9.59 Å². The van der Waals surface area contributed by atoms with Gasteiger partial charge in [-0.1, -0.05) is 153 Å². The van der Waals surface area contributed by atoms with Crippen molar-refractivity contribution in [1.29, 1.82) is 0 Å². The fourth-order valence-corrected chi connectivity index (χ4v) is 12.3. The highest BCUT2D eigenvalue weighted by molar-refractivity contribution is 7.75. The summed E-state index contributed by atoms with van der Waals surface area (Å²) in [6.07, 6.45) is 35.0. The molecule has 1 N–H and O–H groups in total. The van der Waals surface area contributed by atoms with Crippen LogP contribution in [0.2, 0.25) is 0 Å². The van der Waals surface area contributed by atoms with Crippen molar-refractivity contribution in [2.75, 3.05) is 63.9 Å². The Bertz CT molecular complexity index is 737. The van der Waals surface area contributed by atoms with E-state index in [1.54, 1.807) is 18.5 Å². The largest absolute Gasteiger partial charge is 0.358 e. The average Bonchev–Trinajstić information content (AvgIpc) is 3.10. The van der Waals surface area contributed by atoms with Gasteiger partial charge in [-0.05, 0) is 81.6 Å². The Morgan fingerprint density at radius 1 is 0.528 bits per heavy atom. The van der Waals surface area contributed by atoms with Crippen LogP contribution < -0.4 is 5.32 Å². The molecule has 0 aliphatic rings. The van der Waals surface area contributed by atoms with Gasteiger partial charge in [0.2, 0.25) is 12.3 Å². The molecule has 5 nitrogen and oxygen atoms in total. The lowest BCUT2D eigenvalue weighted by Gasteiger charge is -2.32. The Balaban J connectivity index is 0. The number of nitrogens with zero attached hydrogens (tertiary/aromatic N) is 2. The highest BCUT2D eigenvalue weighted by Gasteiger charge is 2.35. The van der Waals surface area contributed by atoms with Gasteiger partial charge in [-0.2, -0.15) is 0 Å². The summed E-state index contributed by atoms with van der Waals surface area (Å²) in [4.78, 5) is 28.0. The lowest BCUT2D eigenvalue weighted by atomic mass is 10.1. The smallest absolute Gasteiger partial charge is 0.236 e. The predicted octanol–water partition coefficient (Wildman–Crippen LogP) is 13.4. The summed E-state index contributed by atoms with van der Waals surface area (Å²) in [5.41, 5.74) is 0. The summed E-state index contributed by atoms with van der Waals surface area (Å²) in [6.45, 7) is 30.1. The van der Waals surface area contributed by atoms with Crippen molar-refractivity contribution in [1.82, 2.24) is 15.1 Å². The van der Waals surface area contributed by atoms with Crippen molar-refractivity contribution in [3.8, 4) is 0 Å². The first-order chi connectivity index (χ1) is 25.4. The topological polar surface area (TPSA) is 52.7 Å². The van der Waals surface area contributed by atoms with Gasteiger partial charge in [-0.15, -0.1) is 0 Å². The molecule has 0 unspecified atom stereocenters. The molecule has 0 atom stereocenters. The van der Waals surface area contributed by atoms with Gasteiger partial charge >= 0.3 is 0 Å². The van der Waals surface area contributed by atoms with E-state index in [2.05, 4.69) is 91.3 Å². The molecule has 0 spiro atoms. The third kappa shape index (κ3) is 36.7.